The van der Waals surface area contributed by atoms with Crippen LogP contribution in [0.2, 0.25) is 0 Å². The van der Waals surface area contributed by atoms with Crippen LogP contribution in [0.1, 0.15) is 44.4 Å². The smallest absolute Gasteiger partial charge is 0.241 e. The van der Waals surface area contributed by atoms with E-state index in [0.29, 0.717) is 5.56 Å². The number of carbonyl (C=O) groups excluding carboxylic acids is 1. The molecule has 0 saturated heterocycles. The number of benzene rings is 2. The van der Waals surface area contributed by atoms with Crippen LogP contribution in [0.5, 0.6) is 0 Å². The van der Waals surface area contributed by atoms with Crippen molar-refractivity contribution in [3.63, 3.8) is 0 Å². The molecule has 2 aromatic carbocycles. The first-order chi connectivity index (χ1) is 11.6. The van der Waals surface area contributed by atoms with Gasteiger partial charge >= 0.3 is 0 Å². The number of carboxylic acid groups (broad SMARTS) is 1. The fourth-order valence-electron chi connectivity index (χ4n) is 2.47. The third-order valence-electron chi connectivity index (χ3n) is 3.90. The van der Waals surface area contributed by atoms with E-state index in [4.69, 9.17) is 0 Å². The van der Waals surface area contributed by atoms with Crippen LogP contribution in [0.3, 0.4) is 0 Å². The molecule has 6 heteroatoms. The highest BCUT2D eigenvalue weighted by atomic mass is 32.2. The van der Waals surface area contributed by atoms with E-state index in [2.05, 4.69) is 4.72 Å². The number of aliphatic carboxylic acids is 1. The zero-order valence-electron chi connectivity index (χ0n) is 14.5. The van der Waals surface area contributed by atoms with Crippen LogP contribution in [-0.4, -0.2) is 14.4 Å². The Morgan fingerprint density at radius 1 is 1.04 bits per heavy atom. The minimum Gasteiger partial charge on any atom is -0.550 e. The minimum atomic E-state index is -3.86. The van der Waals surface area contributed by atoms with Gasteiger partial charge < -0.3 is 9.90 Å². The van der Waals surface area contributed by atoms with Crippen LogP contribution in [-0.2, 0) is 20.2 Å². The van der Waals surface area contributed by atoms with Crippen molar-refractivity contribution in [2.75, 3.05) is 0 Å². The molecule has 2 aromatic rings. The average Bonchev–Trinajstić information content (AvgIpc) is 2.54. The third kappa shape index (κ3) is 5.14. The highest BCUT2D eigenvalue weighted by Crippen LogP contribution is 2.25. The van der Waals surface area contributed by atoms with Crippen LogP contribution in [0.25, 0.3) is 0 Å². The van der Waals surface area contributed by atoms with Crippen molar-refractivity contribution in [3.05, 3.63) is 65.7 Å². The van der Waals surface area contributed by atoms with E-state index in [1.54, 1.807) is 42.5 Å². The van der Waals surface area contributed by atoms with Crippen molar-refractivity contribution in [1.82, 2.24) is 4.72 Å². The number of hydrogen-bond acceptors (Lipinski definition) is 4. The maximum Gasteiger partial charge on any atom is 0.241 e. The summed E-state index contributed by atoms with van der Waals surface area (Å²) < 4.78 is 27.7. The van der Waals surface area contributed by atoms with Crippen molar-refractivity contribution in [2.24, 2.45) is 0 Å². The highest BCUT2D eigenvalue weighted by molar-refractivity contribution is 7.89. The molecular weight excluding hydrogens is 338 g/mol. The standard InChI is InChI=1S/C19H23NO4S/c1-19(2,3)15-9-11-16(12-10-15)25(23,24)20-17(13-18(21)22)14-7-5-4-6-8-14/h4-12,17,20H,13H2,1-3H3,(H,21,22)/p-1. The van der Waals surface area contributed by atoms with Crippen LogP contribution < -0.4 is 9.83 Å². The number of carboxylic acids is 1. The molecule has 25 heavy (non-hydrogen) atoms. The van der Waals surface area contributed by atoms with E-state index in [1.807, 2.05) is 20.8 Å². The maximum absolute atomic E-state index is 12.6. The Morgan fingerprint density at radius 3 is 2.08 bits per heavy atom. The van der Waals surface area contributed by atoms with Crippen LogP contribution >= 0.6 is 0 Å². The highest BCUT2D eigenvalue weighted by Gasteiger charge is 2.22. The van der Waals surface area contributed by atoms with Gasteiger partial charge in [0.1, 0.15) is 0 Å². The molecule has 0 bridgehead atoms. The molecule has 5 nitrogen and oxygen atoms in total. The Morgan fingerprint density at radius 2 is 1.60 bits per heavy atom. The molecule has 0 heterocycles. The molecule has 0 aliphatic rings. The lowest BCUT2D eigenvalue weighted by Gasteiger charge is -2.21. The van der Waals surface area contributed by atoms with Gasteiger partial charge in [0.05, 0.1) is 10.9 Å². The van der Waals surface area contributed by atoms with E-state index in [0.717, 1.165) is 5.56 Å². The summed E-state index contributed by atoms with van der Waals surface area (Å²) in [6, 6.07) is 14.3. The first kappa shape index (κ1) is 19.1. The quantitative estimate of drug-likeness (QED) is 0.855. The Balaban J connectivity index is 2.29. The van der Waals surface area contributed by atoms with Crippen molar-refractivity contribution >= 4 is 16.0 Å². The number of carbonyl (C=O) groups is 1. The number of rotatable bonds is 6. The molecule has 0 aromatic heterocycles. The van der Waals surface area contributed by atoms with Gasteiger partial charge in [-0.15, -0.1) is 0 Å². The molecule has 0 spiro atoms. The molecule has 0 aliphatic heterocycles. The minimum absolute atomic E-state index is 0.0860. The average molecular weight is 360 g/mol. The van der Waals surface area contributed by atoms with Gasteiger partial charge in [0.15, 0.2) is 0 Å². The second-order valence-corrected chi connectivity index (χ2v) is 8.65. The van der Waals surface area contributed by atoms with Crippen molar-refractivity contribution < 1.29 is 18.3 Å². The third-order valence-corrected chi connectivity index (χ3v) is 5.39. The van der Waals surface area contributed by atoms with Gasteiger partial charge in [0.2, 0.25) is 10.0 Å². The molecule has 0 saturated carbocycles. The second-order valence-electron chi connectivity index (χ2n) is 6.94. The van der Waals surface area contributed by atoms with Gasteiger partial charge in [-0.2, -0.15) is 0 Å². The number of sulfonamides is 1. The summed E-state index contributed by atoms with van der Waals surface area (Å²) in [6.45, 7) is 6.13. The van der Waals surface area contributed by atoms with E-state index in [9.17, 15) is 18.3 Å². The molecule has 1 N–H and O–H groups in total. The van der Waals surface area contributed by atoms with Gasteiger partial charge in [-0.25, -0.2) is 13.1 Å². The van der Waals surface area contributed by atoms with Crippen LogP contribution in [0.15, 0.2) is 59.5 Å². The Bertz CT molecular complexity index is 822. The normalized spacial score (nSPS) is 13.4. The van der Waals surface area contributed by atoms with Gasteiger partial charge in [0.25, 0.3) is 0 Å². The van der Waals surface area contributed by atoms with Crippen molar-refractivity contribution in [1.29, 1.82) is 0 Å². The fraction of sp³-hybridized carbons (Fsp3) is 0.316. The van der Waals surface area contributed by atoms with E-state index < -0.39 is 28.5 Å². The lowest BCUT2D eigenvalue weighted by atomic mass is 9.87. The summed E-state index contributed by atoms with van der Waals surface area (Å²) in [5.74, 6) is -1.32. The summed E-state index contributed by atoms with van der Waals surface area (Å²) in [7, 11) is -3.86. The van der Waals surface area contributed by atoms with E-state index in [1.165, 1.54) is 12.1 Å². The molecule has 2 rings (SSSR count). The van der Waals surface area contributed by atoms with Gasteiger partial charge in [-0.3, -0.25) is 0 Å². The zero-order chi connectivity index (χ0) is 18.7. The van der Waals surface area contributed by atoms with Crippen molar-refractivity contribution in [2.45, 2.75) is 43.5 Å². The summed E-state index contributed by atoms with van der Waals surface area (Å²) in [5.41, 5.74) is 1.50. The van der Waals surface area contributed by atoms with Gasteiger partial charge in [-0.05, 0) is 28.7 Å². The largest absolute Gasteiger partial charge is 0.550 e. The first-order valence-electron chi connectivity index (χ1n) is 7.97. The number of hydrogen-bond donors (Lipinski definition) is 1. The lowest BCUT2D eigenvalue weighted by Crippen LogP contribution is -2.34. The predicted octanol–water partition coefficient (Wildman–Crippen LogP) is 2.14. The first-order valence-corrected chi connectivity index (χ1v) is 9.45. The lowest BCUT2D eigenvalue weighted by molar-refractivity contribution is -0.306. The molecule has 0 amide bonds. The summed E-state index contributed by atoms with van der Waals surface area (Å²) >= 11 is 0. The summed E-state index contributed by atoms with van der Waals surface area (Å²) in [6.07, 6.45) is -0.441. The fourth-order valence-corrected chi connectivity index (χ4v) is 3.69. The predicted molar refractivity (Wildman–Crippen MR) is 94.3 cm³/mol. The SMILES string of the molecule is CC(C)(C)c1ccc(S(=O)(=O)NC(CC(=O)[O-])c2ccccc2)cc1. The monoisotopic (exact) mass is 360 g/mol. The van der Waals surface area contributed by atoms with E-state index in [-0.39, 0.29) is 10.3 Å². The topological polar surface area (TPSA) is 86.3 Å². The van der Waals surface area contributed by atoms with Gasteiger partial charge in [0, 0.05) is 12.4 Å². The van der Waals surface area contributed by atoms with Crippen molar-refractivity contribution in [3.8, 4) is 0 Å². The van der Waals surface area contributed by atoms with Gasteiger partial charge in [-0.1, -0.05) is 63.2 Å². The molecular formula is C19H22NO4S-. The van der Waals surface area contributed by atoms with Crippen LogP contribution in [0, 0.1) is 0 Å². The Labute approximate surface area is 148 Å². The molecule has 0 fully saturated rings. The zero-order valence-corrected chi connectivity index (χ0v) is 15.3. The summed E-state index contributed by atoms with van der Waals surface area (Å²) in [5, 5.41) is 11.0. The second kappa shape index (κ2) is 7.37. The molecule has 1 unspecified atom stereocenters. The Hall–Kier alpha value is -2.18. The van der Waals surface area contributed by atoms with Crippen LogP contribution in [0.4, 0.5) is 0 Å². The Kier molecular flexibility index (Phi) is 5.65. The molecule has 0 radical (unpaired) electrons. The molecule has 1 atom stereocenters. The molecule has 134 valence electrons. The number of nitrogens with one attached hydrogen (secondary N) is 1. The summed E-state index contributed by atoms with van der Waals surface area (Å²) in [4.78, 5) is 11.1. The molecule has 0 aliphatic carbocycles. The maximum atomic E-state index is 12.6. The van der Waals surface area contributed by atoms with E-state index >= 15 is 0 Å².